The summed E-state index contributed by atoms with van der Waals surface area (Å²) in [4.78, 5) is 27.9. The van der Waals surface area contributed by atoms with Crippen molar-refractivity contribution in [3.8, 4) is 5.88 Å². The number of aromatic nitrogens is 1. The van der Waals surface area contributed by atoms with E-state index in [0.717, 1.165) is 5.56 Å². The van der Waals surface area contributed by atoms with Crippen molar-refractivity contribution in [1.29, 1.82) is 0 Å². The van der Waals surface area contributed by atoms with Crippen LogP contribution in [0.5, 0.6) is 5.88 Å². The highest BCUT2D eigenvalue weighted by Crippen LogP contribution is 2.13. The minimum absolute atomic E-state index is 0.128. The number of rotatable bonds is 5. The van der Waals surface area contributed by atoms with Crippen molar-refractivity contribution >= 4 is 23.4 Å². The molecule has 2 rings (SSSR count). The molecule has 1 heterocycles. The molecule has 0 aliphatic rings. The van der Waals surface area contributed by atoms with E-state index < -0.39 is 5.91 Å². The second-order valence-corrected chi connectivity index (χ2v) is 5.03. The molecule has 2 amide bonds. The van der Waals surface area contributed by atoms with Gasteiger partial charge in [0.2, 0.25) is 11.8 Å². The van der Waals surface area contributed by atoms with Crippen LogP contribution in [-0.4, -0.2) is 23.4 Å². The standard InChI is InChI=1S/C16H16ClN3O3/c1-2-23-16-13(4-3-9-18-16)15(22)20-19-14(21)10-11-5-7-12(17)8-6-11/h3-9H,2,10H2,1H3,(H,19,21)(H,20,22). The summed E-state index contributed by atoms with van der Waals surface area (Å²) in [6.07, 6.45) is 1.66. The summed E-state index contributed by atoms with van der Waals surface area (Å²) in [7, 11) is 0. The summed E-state index contributed by atoms with van der Waals surface area (Å²) in [6.45, 7) is 2.18. The molecule has 0 atom stereocenters. The first-order chi connectivity index (χ1) is 11.1. The van der Waals surface area contributed by atoms with Gasteiger partial charge in [0, 0.05) is 11.2 Å². The van der Waals surface area contributed by atoms with Gasteiger partial charge in [0.1, 0.15) is 5.56 Å². The van der Waals surface area contributed by atoms with Gasteiger partial charge in [-0.2, -0.15) is 0 Å². The van der Waals surface area contributed by atoms with Crippen LogP contribution in [0.1, 0.15) is 22.8 Å². The Labute approximate surface area is 138 Å². The van der Waals surface area contributed by atoms with Gasteiger partial charge in [-0.05, 0) is 36.8 Å². The van der Waals surface area contributed by atoms with Crippen LogP contribution in [0.25, 0.3) is 0 Å². The zero-order chi connectivity index (χ0) is 16.7. The first-order valence-corrected chi connectivity index (χ1v) is 7.39. The average molecular weight is 334 g/mol. The molecule has 0 aliphatic carbocycles. The van der Waals surface area contributed by atoms with Crippen LogP contribution in [0.15, 0.2) is 42.6 Å². The van der Waals surface area contributed by atoms with E-state index in [4.69, 9.17) is 16.3 Å². The Hall–Kier alpha value is -2.60. The van der Waals surface area contributed by atoms with E-state index >= 15 is 0 Å². The first-order valence-electron chi connectivity index (χ1n) is 7.01. The Morgan fingerprint density at radius 1 is 1.17 bits per heavy atom. The summed E-state index contributed by atoms with van der Waals surface area (Å²) in [5.74, 6) is -0.618. The zero-order valence-electron chi connectivity index (χ0n) is 12.5. The summed E-state index contributed by atoms with van der Waals surface area (Å²) in [6, 6.07) is 10.1. The van der Waals surface area contributed by atoms with Crippen molar-refractivity contribution in [2.24, 2.45) is 0 Å². The van der Waals surface area contributed by atoms with Crippen LogP contribution >= 0.6 is 11.6 Å². The lowest BCUT2D eigenvalue weighted by Crippen LogP contribution is -2.42. The molecule has 2 aromatic rings. The SMILES string of the molecule is CCOc1ncccc1C(=O)NNC(=O)Cc1ccc(Cl)cc1. The highest BCUT2D eigenvalue weighted by Gasteiger charge is 2.14. The molecule has 7 heteroatoms. The maximum atomic E-state index is 12.1. The molecule has 0 fully saturated rings. The molecule has 0 radical (unpaired) electrons. The molecule has 120 valence electrons. The van der Waals surface area contributed by atoms with Gasteiger partial charge < -0.3 is 4.74 Å². The normalized spacial score (nSPS) is 10.0. The number of pyridine rings is 1. The highest BCUT2D eigenvalue weighted by atomic mass is 35.5. The molecule has 2 N–H and O–H groups in total. The van der Waals surface area contributed by atoms with E-state index in [-0.39, 0.29) is 23.8 Å². The maximum absolute atomic E-state index is 12.1. The molecule has 0 aliphatic heterocycles. The fourth-order valence-electron chi connectivity index (χ4n) is 1.84. The van der Waals surface area contributed by atoms with Crippen LogP contribution in [0.2, 0.25) is 5.02 Å². The molecule has 1 aromatic heterocycles. The average Bonchev–Trinajstić information content (AvgIpc) is 2.56. The van der Waals surface area contributed by atoms with Crippen molar-refractivity contribution in [3.63, 3.8) is 0 Å². The van der Waals surface area contributed by atoms with Crippen LogP contribution < -0.4 is 15.6 Å². The van der Waals surface area contributed by atoms with Gasteiger partial charge in [0.05, 0.1) is 13.0 Å². The molecular weight excluding hydrogens is 318 g/mol. The quantitative estimate of drug-likeness (QED) is 0.821. The molecular formula is C16H16ClN3O3. The van der Waals surface area contributed by atoms with Crippen molar-refractivity contribution < 1.29 is 14.3 Å². The third-order valence-corrected chi connectivity index (χ3v) is 3.14. The fourth-order valence-corrected chi connectivity index (χ4v) is 1.97. The van der Waals surface area contributed by atoms with E-state index in [2.05, 4.69) is 15.8 Å². The number of benzene rings is 1. The van der Waals surface area contributed by atoms with Crippen LogP contribution in [0.4, 0.5) is 0 Å². The largest absolute Gasteiger partial charge is 0.477 e. The molecule has 0 unspecified atom stereocenters. The number of hydrogen-bond donors (Lipinski definition) is 2. The van der Waals surface area contributed by atoms with Crippen LogP contribution in [0, 0.1) is 0 Å². The molecule has 0 saturated carbocycles. The number of hydrogen-bond acceptors (Lipinski definition) is 4. The summed E-state index contributed by atoms with van der Waals surface area (Å²) >= 11 is 5.78. The predicted octanol–water partition coefficient (Wildman–Crippen LogP) is 2.14. The van der Waals surface area contributed by atoms with Crippen molar-refractivity contribution in [2.75, 3.05) is 6.61 Å². The van der Waals surface area contributed by atoms with E-state index in [1.54, 1.807) is 43.3 Å². The van der Waals surface area contributed by atoms with E-state index in [9.17, 15) is 9.59 Å². The second-order valence-electron chi connectivity index (χ2n) is 4.59. The van der Waals surface area contributed by atoms with E-state index in [1.165, 1.54) is 6.20 Å². The zero-order valence-corrected chi connectivity index (χ0v) is 13.3. The Morgan fingerprint density at radius 3 is 2.61 bits per heavy atom. The molecule has 1 aromatic carbocycles. The number of halogens is 1. The topological polar surface area (TPSA) is 80.3 Å². The van der Waals surface area contributed by atoms with Gasteiger partial charge in [0.15, 0.2) is 0 Å². The van der Waals surface area contributed by atoms with Crippen molar-refractivity contribution in [1.82, 2.24) is 15.8 Å². The van der Waals surface area contributed by atoms with E-state index in [0.29, 0.717) is 11.6 Å². The van der Waals surface area contributed by atoms with Gasteiger partial charge in [0.25, 0.3) is 5.91 Å². The predicted molar refractivity (Wildman–Crippen MR) is 86.2 cm³/mol. The minimum atomic E-state index is -0.494. The fraction of sp³-hybridized carbons (Fsp3) is 0.188. The minimum Gasteiger partial charge on any atom is -0.477 e. The van der Waals surface area contributed by atoms with Gasteiger partial charge in [-0.3, -0.25) is 20.4 Å². The van der Waals surface area contributed by atoms with Gasteiger partial charge in [-0.1, -0.05) is 23.7 Å². The third-order valence-electron chi connectivity index (χ3n) is 2.89. The third kappa shape index (κ3) is 4.96. The van der Waals surface area contributed by atoms with Gasteiger partial charge in [-0.15, -0.1) is 0 Å². The van der Waals surface area contributed by atoms with Crippen molar-refractivity contribution in [3.05, 3.63) is 58.7 Å². The first kappa shape index (κ1) is 16.8. The number of carbonyl (C=O) groups is 2. The van der Waals surface area contributed by atoms with E-state index in [1.807, 2.05) is 0 Å². The van der Waals surface area contributed by atoms with Crippen LogP contribution in [-0.2, 0) is 11.2 Å². The number of ether oxygens (including phenoxy) is 1. The number of hydrazine groups is 1. The number of carbonyl (C=O) groups excluding carboxylic acids is 2. The molecule has 23 heavy (non-hydrogen) atoms. The number of nitrogens with one attached hydrogen (secondary N) is 2. The molecule has 0 bridgehead atoms. The number of amides is 2. The Bertz CT molecular complexity index is 689. The summed E-state index contributed by atoms with van der Waals surface area (Å²) in [5.41, 5.74) is 5.74. The summed E-state index contributed by atoms with van der Waals surface area (Å²) in [5, 5.41) is 0.600. The smallest absolute Gasteiger partial charge is 0.275 e. The van der Waals surface area contributed by atoms with Gasteiger partial charge >= 0.3 is 0 Å². The van der Waals surface area contributed by atoms with Crippen LogP contribution in [0.3, 0.4) is 0 Å². The Balaban J connectivity index is 1.91. The highest BCUT2D eigenvalue weighted by molar-refractivity contribution is 6.30. The second kappa shape index (κ2) is 8.14. The number of nitrogens with zero attached hydrogens (tertiary/aromatic N) is 1. The lowest BCUT2D eigenvalue weighted by Gasteiger charge is -2.10. The maximum Gasteiger partial charge on any atom is 0.275 e. The Morgan fingerprint density at radius 2 is 1.91 bits per heavy atom. The molecule has 0 saturated heterocycles. The monoisotopic (exact) mass is 333 g/mol. The lowest BCUT2D eigenvalue weighted by molar-refractivity contribution is -0.121. The molecule has 6 nitrogen and oxygen atoms in total. The van der Waals surface area contributed by atoms with Gasteiger partial charge in [-0.25, -0.2) is 4.98 Å². The lowest BCUT2D eigenvalue weighted by atomic mass is 10.1. The van der Waals surface area contributed by atoms with Crippen molar-refractivity contribution in [2.45, 2.75) is 13.3 Å². The Kier molecular flexibility index (Phi) is 5.94. The summed E-state index contributed by atoms with van der Waals surface area (Å²) < 4.78 is 5.27. The molecule has 0 spiro atoms.